The summed E-state index contributed by atoms with van der Waals surface area (Å²) in [6, 6.07) is 19.8. The molecule has 7 aromatic rings. The lowest BCUT2D eigenvalue weighted by Gasteiger charge is -2.26. The lowest BCUT2D eigenvalue weighted by molar-refractivity contribution is 0.345. The smallest absolute Gasteiger partial charge is 0.251 e. The van der Waals surface area contributed by atoms with E-state index in [2.05, 4.69) is 62.9 Å². The average Bonchev–Trinajstić information content (AvgIpc) is 4.21. The first-order valence-corrected chi connectivity index (χ1v) is 21.3. The number of aromatic nitrogens is 7. The first-order valence-electron chi connectivity index (χ1n) is 20.5. The Morgan fingerprint density at radius 1 is 0.778 bits per heavy atom. The van der Waals surface area contributed by atoms with E-state index in [0.29, 0.717) is 87.8 Å². The highest BCUT2D eigenvalue weighted by molar-refractivity contribution is 9.10. The van der Waals surface area contributed by atoms with Gasteiger partial charge < -0.3 is 31.1 Å². The van der Waals surface area contributed by atoms with Gasteiger partial charge in [-0.2, -0.15) is 5.26 Å². The zero-order chi connectivity index (χ0) is 44.3. The maximum Gasteiger partial charge on any atom is 0.251 e. The molecule has 5 heterocycles. The van der Waals surface area contributed by atoms with Gasteiger partial charge in [0, 0.05) is 66.3 Å². The van der Waals surface area contributed by atoms with Crippen LogP contribution in [0.25, 0.3) is 56.7 Å². The predicted octanol–water partition coefficient (Wildman–Crippen LogP) is 8.17. The topological polar surface area (TPSA) is 226 Å². The quantitative estimate of drug-likeness (QED) is 0.0808. The van der Waals surface area contributed by atoms with Crippen LogP contribution < -0.4 is 27.7 Å². The number of benzene rings is 2. The minimum atomic E-state index is -0.968. The second kappa shape index (κ2) is 18.3. The van der Waals surface area contributed by atoms with Gasteiger partial charge in [-0.3, -0.25) is 9.36 Å². The zero-order valence-corrected chi connectivity index (χ0v) is 36.0. The fraction of sp³-hybridized carbons (Fsp3) is 0.289. The van der Waals surface area contributed by atoms with Crippen LogP contribution in [0, 0.1) is 23.0 Å². The molecule has 2 aliphatic carbocycles. The molecule has 2 aliphatic rings. The number of anilines is 2. The molecule has 0 bridgehead atoms. The largest absolute Gasteiger partial charge is 0.382 e. The molecular formula is C45H43BrF2N12O3. The number of nitrogens with one attached hydrogen (secondary N) is 2. The number of nitrogens with zero attached hydrogens (tertiary/aromatic N) is 8. The normalized spacial score (nSPS) is 13.7. The Kier molecular flexibility index (Phi) is 12.5. The number of pyridine rings is 1. The van der Waals surface area contributed by atoms with Crippen LogP contribution >= 0.6 is 15.9 Å². The van der Waals surface area contributed by atoms with Gasteiger partial charge in [-0.05, 0) is 95.9 Å². The van der Waals surface area contributed by atoms with Gasteiger partial charge in [-0.1, -0.05) is 36.3 Å². The van der Waals surface area contributed by atoms with Gasteiger partial charge in [0.1, 0.15) is 33.2 Å². The summed E-state index contributed by atoms with van der Waals surface area (Å²) in [5.41, 5.74) is 15.4. The molecule has 6 N–H and O–H groups in total. The molecule has 15 nitrogen and oxygen atoms in total. The van der Waals surface area contributed by atoms with Crippen molar-refractivity contribution in [3.63, 3.8) is 0 Å². The Balaban J connectivity index is 0.000000188. The molecule has 0 atom stereocenters. The number of rotatable bonds is 14. The molecule has 2 aromatic carbocycles. The number of hydrogen-bond acceptors (Lipinski definition) is 14. The van der Waals surface area contributed by atoms with E-state index >= 15 is 0 Å². The molecule has 0 saturated heterocycles. The molecule has 322 valence electrons. The molecule has 0 spiro atoms. The minimum Gasteiger partial charge on any atom is -0.382 e. The van der Waals surface area contributed by atoms with Crippen molar-refractivity contribution in [1.82, 2.24) is 45.4 Å². The lowest BCUT2D eigenvalue weighted by atomic mass is 9.94. The van der Waals surface area contributed by atoms with Gasteiger partial charge in [-0.15, -0.1) is 0 Å². The number of nitrogens with two attached hydrogens (primary N) is 2. The van der Waals surface area contributed by atoms with E-state index in [1.165, 1.54) is 48.0 Å². The summed E-state index contributed by atoms with van der Waals surface area (Å²) in [5.74, 6) is 0.145. The molecule has 0 aliphatic heterocycles. The number of halogens is 3. The van der Waals surface area contributed by atoms with Gasteiger partial charge in [0.25, 0.3) is 5.56 Å². The summed E-state index contributed by atoms with van der Waals surface area (Å²) < 4.78 is 42.1. The van der Waals surface area contributed by atoms with E-state index < -0.39 is 11.4 Å². The highest BCUT2D eigenvalue weighted by Crippen LogP contribution is 2.33. The Labute approximate surface area is 369 Å². The fourth-order valence-corrected chi connectivity index (χ4v) is 7.21. The van der Waals surface area contributed by atoms with E-state index in [1.807, 2.05) is 26.0 Å². The van der Waals surface area contributed by atoms with Crippen molar-refractivity contribution in [3.8, 4) is 62.7 Å². The molecule has 9 rings (SSSR count). The fourth-order valence-electron chi connectivity index (χ4n) is 6.93. The molecule has 2 fully saturated rings. The Morgan fingerprint density at radius 3 is 1.79 bits per heavy atom. The van der Waals surface area contributed by atoms with Crippen molar-refractivity contribution in [2.75, 3.05) is 11.5 Å². The van der Waals surface area contributed by atoms with Crippen molar-refractivity contribution in [2.24, 2.45) is 0 Å². The van der Waals surface area contributed by atoms with Gasteiger partial charge in [0.15, 0.2) is 34.5 Å². The maximum absolute atomic E-state index is 14.9. The minimum absolute atomic E-state index is 0.111. The Hall–Kier alpha value is -6.68. The van der Waals surface area contributed by atoms with E-state index in [-0.39, 0.29) is 34.5 Å². The third-order valence-electron chi connectivity index (χ3n) is 11.1. The van der Waals surface area contributed by atoms with Crippen molar-refractivity contribution in [2.45, 2.75) is 83.1 Å². The summed E-state index contributed by atoms with van der Waals surface area (Å²) in [7, 11) is 0. The van der Waals surface area contributed by atoms with Crippen LogP contribution in [0.3, 0.4) is 0 Å². The molecule has 0 amide bonds. The second-order valence-corrected chi connectivity index (χ2v) is 16.3. The van der Waals surface area contributed by atoms with Gasteiger partial charge in [0.05, 0.1) is 24.2 Å². The molecule has 18 heteroatoms. The summed E-state index contributed by atoms with van der Waals surface area (Å²) >= 11 is 3.24. The van der Waals surface area contributed by atoms with Crippen molar-refractivity contribution < 1.29 is 17.8 Å². The van der Waals surface area contributed by atoms with Gasteiger partial charge in [0.2, 0.25) is 0 Å². The van der Waals surface area contributed by atoms with E-state index in [4.69, 9.17) is 20.5 Å². The van der Waals surface area contributed by atoms with Crippen molar-refractivity contribution in [1.29, 1.82) is 5.26 Å². The first kappa shape index (κ1) is 43.0. The molecule has 63 heavy (non-hydrogen) atoms. The zero-order valence-electron chi connectivity index (χ0n) is 34.4. The molecule has 0 radical (unpaired) electrons. The standard InChI is InChI=1S/C28H28FN7O2.C17H15BrFN5O/c1-3-28(4-2,16-30)36-15-18(6-10-25(36)37)23-14-33-27(31)26(34-23)24-12-22(35-38-24)20-9-5-17(11-21(20)29)13-32-19-7-8-19;18-15-8-22-17(20)16(23-15)14-6-13(24-25-14)11-4-1-9(5-12(11)19)7-21-10-2-3-10/h5-6,9-12,14-15,19,32H,3-4,7-8,13H2,1-2H3,(H2,31,33);1,4-6,8,10,21H,2-3,7H2,(H2,20,22). The maximum atomic E-state index is 14.9. The molecule has 2 saturated carbocycles. The van der Waals surface area contributed by atoms with Crippen LogP contribution in [0.2, 0.25) is 0 Å². The highest BCUT2D eigenvalue weighted by Gasteiger charge is 2.30. The first-order chi connectivity index (χ1) is 30.5. The van der Waals surface area contributed by atoms with Crippen LogP contribution in [0.4, 0.5) is 20.4 Å². The predicted molar refractivity (Wildman–Crippen MR) is 236 cm³/mol. The number of nitriles is 1. The van der Waals surface area contributed by atoms with E-state index in [0.717, 1.165) is 24.0 Å². The SMILES string of the molecule is CCC(C#N)(CC)n1cc(-c2cnc(N)c(-c3cc(-c4ccc(CNC5CC5)cc4F)no3)n2)ccc1=O.Nc1ncc(Br)nc1-c1cc(-c2ccc(CNC3CC3)cc2F)no1. The Morgan fingerprint density at radius 2 is 1.30 bits per heavy atom. The Bertz CT molecular complexity index is 2880. The van der Waals surface area contributed by atoms with Crippen molar-refractivity contribution in [3.05, 3.63) is 117 Å². The third kappa shape index (κ3) is 9.70. The van der Waals surface area contributed by atoms with Gasteiger partial charge in [-0.25, -0.2) is 28.7 Å². The molecule has 5 aromatic heterocycles. The molecular weight excluding hydrogens is 874 g/mol. The van der Waals surface area contributed by atoms with Gasteiger partial charge >= 0.3 is 0 Å². The van der Waals surface area contributed by atoms with Crippen LogP contribution in [-0.4, -0.2) is 46.9 Å². The van der Waals surface area contributed by atoms with Crippen LogP contribution in [0.1, 0.15) is 63.5 Å². The summed E-state index contributed by atoms with van der Waals surface area (Å²) in [6.07, 6.45) is 10.3. The van der Waals surface area contributed by atoms with Crippen LogP contribution in [0.15, 0.2) is 97.7 Å². The lowest BCUT2D eigenvalue weighted by Crippen LogP contribution is -2.38. The summed E-state index contributed by atoms with van der Waals surface area (Å²) in [4.78, 5) is 29.7. The van der Waals surface area contributed by atoms with Crippen molar-refractivity contribution >= 4 is 27.6 Å². The summed E-state index contributed by atoms with van der Waals surface area (Å²) in [5, 5.41) is 24.5. The average molecular weight is 918 g/mol. The van der Waals surface area contributed by atoms with E-state index in [1.54, 1.807) is 36.5 Å². The third-order valence-corrected chi connectivity index (χ3v) is 11.5. The summed E-state index contributed by atoms with van der Waals surface area (Å²) in [6.45, 7) is 5.02. The monoisotopic (exact) mass is 916 g/mol. The number of nitrogen functional groups attached to an aromatic ring is 2. The molecule has 0 unspecified atom stereocenters. The number of hydrogen-bond donors (Lipinski definition) is 4. The highest BCUT2D eigenvalue weighted by atomic mass is 79.9. The van der Waals surface area contributed by atoms with Crippen LogP contribution in [-0.2, 0) is 18.6 Å². The van der Waals surface area contributed by atoms with Crippen LogP contribution in [0.5, 0.6) is 0 Å². The van der Waals surface area contributed by atoms with E-state index in [9.17, 15) is 18.8 Å². The second-order valence-electron chi connectivity index (χ2n) is 15.5.